The van der Waals surface area contributed by atoms with E-state index in [1.54, 1.807) is 0 Å². The summed E-state index contributed by atoms with van der Waals surface area (Å²) in [6, 6.07) is 0. The molecule has 1 amide bonds. The lowest BCUT2D eigenvalue weighted by Gasteiger charge is -2.21. The smallest absolute Gasteiger partial charge is 0.226 e. The van der Waals surface area contributed by atoms with E-state index in [1.807, 2.05) is 6.92 Å². The largest absolute Gasteiger partial charge is 0.383 e. The minimum absolute atomic E-state index is 0.0156. The van der Waals surface area contributed by atoms with Crippen molar-refractivity contribution in [2.75, 3.05) is 11.1 Å². The fourth-order valence-corrected chi connectivity index (χ4v) is 1.56. The topological polar surface area (TPSA) is 80.9 Å². The molecule has 0 fully saturated rings. The van der Waals surface area contributed by atoms with Crippen molar-refractivity contribution in [2.24, 2.45) is 0 Å². The van der Waals surface area contributed by atoms with Gasteiger partial charge < -0.3 is 11.1 Å². The summed E-state index contributed by atoms with van der Waals surface area (Å²) in [5.41, 5.74) is 6.52. The molecule has 1 aromatic rings. The third kappa shape index (κ3) is 1.22. The number of hydrogen-bond acceptors (Lipinski definition) is 4. The second-order valence-electron chi connectivity index (χ2n) is 3.17. The van der Waals surface area contributed by atoms with Gasteiger partial charge in [-0.2, -0.15) is 0 Å². The average molecular weight is 178 g/mol. The summed E-state index contributed by atoms with van der Waals surface area (Å²) in [5, 5.41) is 2.66. The minimum Gasteiger partial charge on any atom is -0.383 e. The highest BCUT2D eigenvalue weighted by Gasteiger charge is 2.25. The van der Waals surface area contributed by atoms with Crippen LogP contribution in [0.2, 0.25) is 0 Å². The van der Waals surface area contributed by atoms with E-state index in [4.69, 9.17) is 5.73 Å². The fourth-order valence-electron chi connectivity index (χ4n) is 1.56. The Balaban J connectivity index is 2.55. The molecule has 1 aromatic heterocycles. The first kappa shape index (κ1) is 7.97. The zero-order valence-corrected chi connectivity index (χ0v) is 7.24. The number of rotatable bonds is 0. The van der Waals surface area contributed by atoms with E-state index >= 15 is 0 Å². The van der Waals surface area contributed by atoms with Gasteiger partial charge in [-0.3, -0.25) is 4.79 Å². The van der Waals surface area contributed by atoms with Crippen LogP contribution in [-0.2, 0) is 4.79 Å². The Bertz CT molecular complexity index is 363. The lowest BCUT2D eigenvalue weighted by molar-refractivity contribution is -0.116. The van der Waals surface area contributed by atoms with Crippen molar-refractivity contribution in [1.82, 2.24) is 9.97 Å². The number of amides is 1. The minimum atomic E-state index is -0.0156. The number of carbonyl (C=O) groups excluding carboxylic acids is 1. The number of fused-ring (bicyclic) bond motifs is 1. The molecular formula is C8H10N4O. The number of hydrogen-bond donors (Lipinski definition) is 2. The molecule has 0 bridgehead atoms. The highest BCUT2D eigenvalue weighted by molar-refractivity contribution is 5.94. The summed E-state index contributed by atoms with van der Waals surface area (Å²) in [5.74, 6) is 1.09. The van der Waals surface area contributed by atoms with E-state index < -0.39 is 0 Å². The molecule has 5 heteroatoms. The third-order valence-corrected chi connectivity index (χ3v) is 2.16. The standard InChI is InChI=1S/C8H10N4O/c1-4-2-5(13)12-8-6(4)7(9)10-3-11-8/h3-4H,2H2,1H3,(H3,9,10,11,12,13)/t4-/m0/s1. The second kappa shape index (κ2) is 2.69. The predicted molar refractivity (Wildman–Crippen MR) is 48.1 cm³/mol. The molecule has 1 aliphatic rings. The Hall–Kier alpha value is -1.65. The Morgan fingerprint density at radius 1 is 1.62 bits per heavy atom. The highest BCUT2D eigenvalue weighted by Crippen LogP contribution is 2.32. The first-order chi connectivity index (χ1) is 6.18. The summed E-state index contributed by atoms with van der Waals surface area (Å²) in [6.45, 7) is 1.94. The van der Waals surface area contributed by atoms with Gasteiger partial charge in [-0.05, 0) is 5.92 Å². The molecule has 68 valence electrons. The molecule has 0 aromatic carbocycles. The monoisotopic (exact) mass is 178 g/mol. The van der Waals surface area contributed by atoms with Crippen molar-refractivity contribution in [2.45, 2.75) is 19.3 Å². The van der Waals surface area contributed by atoms with Crippen molar-refractivity contribution in [3.8, 4) is 0 Å². The first-order valence-electron chi connectivity index (χ1n) is 4.08. The predicted octanol–water partition coefficient (Wildman–Crippen LogP) is 0.504. The van der Waals surface area contributed by atoms with Crippen LogP contribution in [0.1, 0.15) is 24.8 Å². The normalized spacial score (nSPS) is 20.7. The van der Waals surface area contributed by atoms with Crippen LogP contribution >= 0.6 is 0 Å². The number of aromatic nitrogens is 2. The Labute approximate surface area is 75.4 Å². The molecular weight excluding hydrogens is 168 g/mol. The van der Waals surface area contributed by atoms with E-state index in [1.165, 1.54) is 6.33 Å². The molecule has 0 saturated carbocycles. The summed E-state index contributed by atoms with van der Waals surface area (Å²) in [7, 11) is 0. The molecule has 0 radical (unpaired) electrons. The lowest BCUT2D eigenvalue weighted by atomic mass is 9.95. The molecule has 3 N–H and O–H groups in total. The maximum Gasteiger partial charge on any atom is 0.226 e. The highest BCUT2D eigenvalue weighted by atomic mass is 16.1. The van der Waals surface area contributed by atoms with Crippen molar-refractivity contribution in [3.05, 3.63) is 11.9 Å². The summed E-state index contributed by atoms with van der Waals surface area (Å²) in [6.07, 6.45) is 1.80. The summed E-state index contributed by atoms with van der Waals surface area (Å²) in [4.78, 5) is 19.0. The molecule has 0 aliphatic carbocycles. The van der Waals surface area contributed by atoms with E-state index in [-0.39, 0.29) is 11.8 Å². The first-order valence-corrected chi connectivity index (χ1v) is 4.08. The van der Waals surface area contributed by atoms with Crippen LogP contribution in [-0.4, -0.2) is 15.9 Å². The Morgan fingerprint density at radius 3 is 3.15 bits per heavy atom. The van der Waals surface area contributed by atoms with Crippen LogP contribution in [0.3, 0.4) is 0 Å². The molecule has 1 atom stereocenters. The van der Waals surface area contributed by atoms with Gasteiger partial charge in [-0.1, -0.05) is 6.92 Å². The van der Waals surface area contributed by atoms with Gasteiger partial charge in [0, 0.05) is 12.0 Å². The number of anilines is 2. The van der Waals surface area contributed by atoms with E-state index in [0.29, 0.717) is 18.1 Å². The van der Waals surface area contributed by atoms with Crippen LogP contribution in [0.4, 0.5) is 11.6 Å². The van der Waals surface area contributed by atoms with Gasteiger partial charge in [0.15, 0.2) is 0 Å². The molecule has 1 aliphatic heterocycles. The molecule has 2 rings (SSSR count). The molecule has 5 nitrogen and oxygen atoms in total. The summed E-state index contributed by atoms with van der Waals surface area (Å²) >= 11 is 0. The average Bonchev–Trinajstić information content (AvgIpc) is 2.02. The molecule has 0 spiro atoms. The molecule has 0 saturated heterocycles. The van der Waals surface area contributed by atoms with Crippen molar-refractivity contribution >= 4 is 17.5 Å². The van der Waals surface area contributed by atoms with E-state index in [2.05, 4.69) is 15.3 Å². The van der Waals surface area contributed by atoms with Crippen LogP contribution in [0.15, 0.2) is 6.33 Å². The fraction of sp³-hybridized carbons (Fsp3) is 0.375. The van der Waals surface area contributed by atoms with Crippen molar-refractivity contribution in [1.29, 1.82) is 0 Å². The van der Waals surface area contributed by atoms with Gasteiger partial charge in [0.2, 0.25) is 5.91 Å². The van der Waals surface area contributed by atoms with Crippen LogP contribution in [0, 0.1) is 0 Å². The molecule has 13 heavy (non-hydrogen) atoms. The molecule has 2 heterocycles. The number of nitrogen functional groups attached to an aromatic ring is 1. The van der Waals surface area contributed by atoms with E-state index in [9.17, 15) is 4.79 Å². The maximum atomic E-state index is 11.1. The van der Waals surface area contributed by atoms with Gasteiger partial charge in [0.25, 0.3) is 0 Å². The number of carbonyl (C=O) groups is 1. The Kier molecular flexibility index (Phi) is 1.65. The van der Waals surface area contributed by atoms with Gasteiger partial charge in [-0.15, -0.1) is 0 Å². The second-order valence-corrected chi connectivity index (χ2v) is 3.17. The number of nitrogens with two attached hydrogens (primary N) is 1. The Morgan fingerprint density at radius 2 is 2.38 bits per heavy atom. The van der Waals surface area contributed by atoms with Gasteiger partial charge >= 0.3 is 0 Å². The van der Waals surface area contributed by atoms with Crippen molar-refractivity contribution < 1.29 is 4.79 Å². The van der Waals surface area contributed by atoms with Crippen molar-refractivity contribution in [3.63, 3.8) is 0 Å². The maximum absolute atomic E-state index is 11.1. The van der Waals surface area contributed by atoms with Crippen LogP contribution in [0.5, 0.6) is 0 Å². The number of nitrogens with one attached hydrogen (secondary N) is 1. The zero-order valence-electron chi connectivity index (χ0n) is 7.24. The van der Waals surface area contributed by atoms with Crippen LogP contribution in [0.25, 0.3) is 0 Å². The van der Waals surface area contributed by atoms with Gasteiger partial charge in [-0.25, -0.2) is 9.97 Å². The lowest BCUT2D eigenvalue weighted by Crippen LogP contribution is -2.23. The zero-order chi connectivity index (χ0) is 9.42. The van der Waals surface area contributed by atoms with Gasteiger partial charge in [0.05, 0.1) is 0 Å². The number of nitrogens with zero attached hydrogens (tertiary/aromatic N) is 2. The van der Waals surface area contributed by atoms with E-state index in [0.717, 1.165) is 5.56 Å². The SMILES string of the molecule is C[C@H]1CC(=O)Nc2ncnc(N)c21. The quantitative estimate of drug-likeness (QED) is 0.606. The third-order valence-electron chi connectivity index (χ3n) is 2.16. The molecule has 0 unspecified atom stereocenters. The van der Waals surface area contributed by atoms with Crippen LogP contribution < -0.4 is 11.1 Å². The van der Waals surface area contributed by atoms with Gasteiger partial charge in [0.1, 0.15) is 18.0 Å². The summed E-state index contributed by atoms with van der Waals surface area (Å²) < 4.78 is 0.